The lowest BCUT2D eigenvalue weighted by Gasteiger charge is -2.21. The number of benzene rings is 9. The second-order valence-electron chi connectivity index (χ2n) is 16.6. The molecule has 11 rings (SSSR count). The first-order valence-electron chi connectivity index (χ1n) is 22.2. The molecule has 0 aliphatic carbocycles. The van der Waals surface area contributed by atoms with E-state index < -0.39 is 0 Å². The van der Waals surface area contributed by atoms with E-state index in [1.165, 1.54) is 0 Å². The lowest BCUT2D eigenvalue weighted by molar-refractivity contribution is 1.17. The standard InChI is InChI=1S/C62H35N7/c1-65-51-27-23-43(24-28-51)47-26-30-60-56(34-47)55-33-46(42-21-19-40(38-63)20-22-42)25-29-59(55)69(60)61-53(48-16-9-11-41(31-48)39-64)35-50(36-54(61)49-17-10-18-52(32-49)66-2)62-67-57(44-12-5-3-6-13-44)37-58(68-62)45-14-7-4-8-15-45/h3-37H. The fourth-order valence-electron chi connectivity index (χ4n) is 9.12. The fourth-order valence-corrected chi connectivity index (χ4v) is 9.12. The summed E-state index contributed by atoms with van der Waals surface area (Å²) < 4.78 is 2.30. The summed E-state index contributed by atoms with van der Waals surface area (Å²) in [4.78, 5) is 18.0. The zero-order valence-electron chi connectivity index (χ0n) is 36.8. The van der Waals surface area contributed by atoms with Crippen molar-refractivity contribution in [2.75, 3.05) is 0 Å². The Hall–Kier alpha value is -10.2. The molecule has 7 heteroatoms. The van der Waals surface area contributed by atoms with Crippen LogP contribution in [0.25, 0.3) is 116 Å². The number of hydrogen-bond donors (Lipinski definition) is 0. The third kappa shape index (κ3) is 7.82. The Labute approximate surface area is 399 Å². The van der Waals surface area contributed by atoms with Gasteiger partial charge in [-0.25, -0.2) is 19.7 Å². The lowest BCUT2D eigenvalue weighted by atomic mass is 9.91. The normalized spacial score (nSPS) is 10.8. The molecule has 0 saturated carbocycles. The van der Waals surface area contributed by atoms with Gasteiger partial charge in [-0.05, 0) is 106 Å². The van der Waals surface area contributed by atoms with Gasteiger partial charge < -0.3 is 4.57 Å². The number of hydrogen-bond acceptors (Lipinski definition) is 4. The summed E-state index contributed by atoms with van der Waals surface area (Å²) in [6, 6.07) is 74.6. The van der Waals surface area contributed by atoms with Crippen LogP contribution >= 0.6 is 0 Å². The Morgan fingerprint density at radius 1 is 0.377 bits per heavy atom. The summed E-state index contributed by atoms with van der Waals surface area (Å²) in [5.41, 5.74) is 16.3. The molecule has 0 unspecified atom stereocenters. The van der Waals surface area contributed by atoms with E-state index >= 15 is 0 Å². The van der Waals surface area contributed by atoms with Crippen molar-refractivity contribution < 1.29 is 0 Å². The zero-order chi connectivity index (χ0) is 46.8. The number of nitrogens with zero attached hydrogens (tertiary/aromatic N) is 7. The van der Waals surface area contributed by atoms with Gasteiger partial charge in [0.25, 0.3) is 0 Å². The molecule has 0 bridgehead atoms. The van der Waals surface area contributed by atoms with Crippen LogP contribution in [0.2, 0.25) is 0 Å². The van der Waals surface area contributed by atoms with E-state index in [2.05, 4.69) is 74.9 Å². The van der Waals surface area contributed by atoms with Crippen LogP contribution in [0.15, 0.2) is 212 Å². The van der Waals surface area contributed by atoms with E-state index in [0.717, 1.165) is 100 Å². The summed E-state index contributed by atoms with van der Waals surface area (Å²) in [5, 5.41) is 21.9. The Balaban J connectivity index is 1.26. The molecule has 0 spiro atoms. The van der Waals surface area contributed by atoms with E-state index in [0.29, 0.717) is 28.3 Å². The van der Waals surface area contributed by atoms with Gasteiger partial charge in [-0.2, -0.15) is 10.5 Å². The van der Waals surface area contributed by atoms with Crippen LogP contribution in [-0.4, -0.2) is 14.5 Å². The quantitative estimate of drug-likeness (QED) is 0.142. The van der Waals surface area contributed by atoms with Gasteiger partial charge in [-0.15, -0.1) is 0 Å². The van der Waals surface area contributed by atoms with Crippen LogP contribution in [0.3, 0.4) is 0 Å². The highest BCUT2D eigenvalue weighted by molar-refractivity contribution is 6.13. The second kappa shape index (κ2) is 17.7. The summed E-state index contributed by atoms with van der Waals surface area (Å²) in [7, 11) is 0. The highest BCUT2D eigenvalue weighted by Crippen LogP contribution is 2.46. The van der Waals surface area contributed by atoms with Crippen molar-refractivity contribution in [2.45, 2.75) is 0 Å². The van der Waals surface area contributed by atoms with Crippen LogP contribution in [0.4, 0.5) is 11.4 Å². The van der Waals surface area contributed by atoms with Crippen LogP contribution in [0.5, 0.6) is 0 Å². The summed E-state index contributed by atoms with van der Waals surface area (Å²) in [5.74, 6) is 0.519. The van der Waals surface area contributed by atoms with Crippen LogP contribution in [0, 0.1) is 35.8 Å². The minimum Gasteiger partial charge on any atom is -0.308 e. The summed E-state index contributed by atoms with van der Waals surface area (Å²) >= 11 is 0. The molecule has 0 aliphatic heterocycles. The van der Waals surface area contributed by atoms with Gasteiger partial charge in [0.2, 0.25) is 0 Å². The van der Waals surface area contributed by atoms with Crippen molar-refractivity contribution in [1.82, 2.24) is 14.5 Å². The maximum absolute atomic E-state index is 10.3. The predicted molar refractivity (Wildman–Crippen MR) is 276 cm³/mol. The van der Waals surface area contributed by atoms with Crippen molar-refractivity contribution >= 4 is 33.2 Å². The highest BCUT2D eigenvalue weighted by atomic mass is 15.0. The van der Waals surface area contributed by atoms with Gasteiger partial charge in [0.15, 0.2) is 17.2 Å². The molecule has 0 atom stereocenters. The van der Waals surface area contributed by atoms with Gasteiger partial charge in [-0.3, -0.25) is 0 Å². The van der Waals surface area contributed by atoms with Gasteiger partial charge >= 0.3 is 0 Å². The van der Waals surface area contributed by atoms with Crippen molar-refractivity contribution in [3.05, 3.63) is 246 Å². The Morgan fingerprint density at radius 2 is 0.870 bits per heavy atom. The van der Waals surface area contributed by atoms with E-state index in [1.807, 2.05) is 164 Å². The smallest absolute Gasteiger partial charge is 0.187 e. The second-order valence-corrected chi connectivity index (χ2v) is 16.6. The molecule has 0 fully saturated rings. The van der Waals surface area contributed by atoms with E-state index in [1.54, 1.807) is 0 Å². The summed E-state index contributed by atoms with van der Waals surface area (Å²) in [6.45, 7) is 15.6. The maximum atomic E-state index is 10.3. The number of rotatable bonds is 8. The molecular formula is C62H35N7. The largest absolute Gasteiger partial charge is 0.308 e. The van der Waals surface area contributed by atoms with E-state index in [-0.39, 0.29) is 0 Å². The SMILES string of the molecule is [C-]#[N+]c1ccc(-c2ccc3c(c2)c2cc(-c4ccc(C#N)cc4)ccc2n3-c2c(-c3cccc(C#N)c3)cc(-c3nc(-c4ccccc4)cc(-c4ccccc4)n3)cc2-c2cccc([N+]#[C-])c2)cc1. The lowest BCUT2D eigenvalue weighted by Crippen LogP contribution is -2.03. The van der Waals surface area contributed by atoms with Gasteiger partial charge in [0.05, 0.1) is 64.5 Å². The molecule has 2 aromatic heterocycles. The molecule has 7 nitrogen and oxygen atoms in total. The fraction of sp³-hybridized carbons (Fsp3) is 0. The third-order valence-electron chi connectivity index (χ3n) is 12.5. The zero-order valence-corrected chi connectivity index (χ0v) is 36.8. The van der Waals surface area contributed by atoms with E-state index in [4.69, 9.17) is 23.1 Å². The topological polar surface area (TPSA) is 87.0 Å². The molecular weight excluding hydrogens is 843 g/mol. The predicted octanol–water partition coefficient (Wildman–Crippen LogP) is 16.1. The average Bonchev–Trinajstić information content (AvgIpc) is 3.75. The molecule has 0 aliphatic rings. The molecule has 11 aromatic rings. The molecule has 0 saturated heterocycles. The molecule has 0 radical (unpaired) electrons. The molecule has 318 valence electrons. The third-order valence-corrected chi connectivity index (χ3v) is 12.5. The molecule has 0 amide bonds. The van der Waals surface area contributed by atoms with Crippen molar-refractivity contribution in [3.63, 3.8) is 0 Å². The van der Waals surface area contributed by atoms with Crippen molar-refractivity contribution in [3.8, 4) is 96.2 Å². The van der Waals surface area contributed by atoms with Crippen LogP contribution in [-0.2, 0) is 0 Å². The molecule has 69 heavy (non-hydrogen) atoms. The average molecular weight is 878 g/mol. The first-order chi connectivity index (χ1) is 34.0. The Bertz CT molecular complexity index is 3720. The van der Waals surface area contributed by atoms with E-state index in [9.17, 15) is 10.5 Å². The molecule has 2 heterocycles. The number of aromatic nitrogens is 3. The van der Waals surface area contributed by atoms with Crippen molar-refractivity contribution in [1.29, 1.82) is 10.5 Å². The van der Waals surface area contributed by atoms with Gasteiger partial charge in [0.1, 0.15) is 0 Å². The van der Waals surface area contributed by atoms with Crippen LogP contribution < -0.4 is 0 Å². The number of fused-ring (bicyclic) bond motifs is 3. The van der Waals surface area contributed by atoms with Gasteiger partial charge in [0, 0.05) is 38.6 Å². The first-order valence-corrected chi connectivity index (χ1v) is 22.2. The minimum atomic E-state index is 0.494. The Kier molecular flexibility index (Phi) is 10.6. The van der Waals surface area contributed by atoms with Crippen LogP contribution in [0.1, 0.15) is 11.1 Å². The number of nitriles is 2. The van der Waals surface area contributed by atoms with Gasteiger partial charge in [-0.1, -0.05) is 140 Å². The molecule has 0 N–H and O–H groups in total. The minimum absolute atomic E-state index is 0.494. The summed E-state index contributed by atoms with van der Waals surface area (Å²) in [6.07, 6.45) is 0. The first kappa shape index (κ1) is 41.5. The van der Waals surface area contributed by atoms with Crippen molar-refractivity contribution in [2.24, 2.45) is 0 Å². The Morgan fingerprint density at radius 3 is 1.41 bits per heavy atom. The monoisotopic (exact) mass is 877 g/mol. The molecule has 9 aromatic carbocycles. The maximum Gasteiger partial charge on any atom is 0.187 e. The highest BCUT2D eigenvalue weighted by Gasteiger charge is 2.24.